The normalized spacial score (nSPS) is 12.3. The van der Waals surface area contributed by atoms with Gasteiger partial charge in [0.25, 0.3) is 0 Å². The van der Waals surface area contributed by atoms with Crippen LogP contribution in [0.25, 0.3) is 11.0 Å². The molecule has 1 atom stereocenters. The first-order valence-corrected chi connectivity index (χ1v) is 7.12. The number of aliphatic carboxylic acids is 1. The van der Waals surface area contributed by atoms with Crippen molar-refractivity contribution in [3.05, 3.63) is 18.2 Å². The Morgan fingerprint density at radius 1 is 1.52 bits per heavy atom. The van der Waals surface area contributed by atoms with Crippen molar-refractivity contribution in [3.63, 3.8) is 0 Å². The summed E-state index contributed by atoms with van der Waals surface area (Å²) in [6, 6.07) is 4.62. The maximum absolute atomic E-state index is 11.5. The summed E-state index contributed by atoms with van der Waals surface area (Å²) in [6.45, 7) is 1.65. The zero-order valence-electron chi connectivity index (χ0n) is 11.6. The Balaban J connectivity index is 2.55. The van der Waals surface area contributed by atoms with Gasteiger partial charge in [-0.15, -0.1) is 0 Å². The molecule has 1 aromatic carbocycles. The van der Waals surface area contributed by atoms with E-state index in [9.17, 15) is 9.59 Å². The minimum atomic E-state index is -0.956. The fourth-order valence-corrected chi connectivity index (χ4v) is 2.72. The number of fused-ring (bicyclic) bond motifs is 1. The van der Waals surface area contributed by atoms with E-state index in [1.54, 1.807) is 36.8 Å². The Hall–Kier alpha value is -2.22. The highest BCUT2D eigenvalue weighted by Crippen LogP contribution is 2.29. The summed E-state index contributed by atoms with van der Waals surface area (Å²) in [5.41, 5.74) is 6.69. The van der Waals surface area contributed by atoms with E-state index in [0.717, 1.165) is 11.8 Å². The van der Waals surface area contributed by atoms with Crippen LogP contribution in [0, 0.1) is 0 Å². The zero-order chi connectivity index (χ0) is 15.6. The zero-order valence-corrected chi connectivity index (χ0v) is 12.4. The van der Waals surface area contributed by atoms with Gasteiger partial charge in [-0.3, -0.25) is 9.59 Å². The molecule has 0 aliphatic carbocycles. The molecule has 0 fully saturated rings. The van der Waals surface area contributed by atoms with Crippen molar-refractivity contribution in [3.8, 4) is 5.75 Å². The van der Waals surface area contributed by atoms with E-state index >= 15 is 0 Å². The number of aromatic nitrogens is 2. The van der Waals surface area contributed by atoms with E-state index < -0.39 is 17.9 Å². The molecule has 0 radical (unpaired) electrons. The van der Waals surface area contributed by atoms with Gasteiger partial charge in [0.05, 0.1) is 23.9 Å². The number of hydrogen-bond acceptors (Lipinski definition) is 5. The molecule has 21 heavy (non-hydrogen) atoms. The predicted octanol–water partition coefficient (Wildman–Crippen LogP) is 1.27. The van der Waals surface area contributed by atoms with E-state index in [1.165, 1.54) is 0 Å². The monoisotopic (exact) mass is 309 g/mol. The van der Waals surface area contributed by atoms with Crippen molar-refractivity contribution in [2.75, 3.05) is 12.9 Å². The van der Waals surface area contributed by atoms with Crippen molar-refractivity contribution in [2.24, 2.45) is 5.73 Å². The summed E-state index contributed by atoms with van der Waals surface area (Å²) in [6.07, 6.45) is 0. The van der Waals surface area contributed by atoms with Crippen molar-refractivity contribution >= 4 is 34.7 Å². The standard InChI is InChI=1S/C13H15N3O4S/c1-7(12(14)19)16-10-4-3-8(20-2)5-9(10)15-13(16)21-6-11(17)18/h3-5,7H,6H2,1-2H3,(H2,14,19)(H,17,18). The van der Waals surface area contributed by atoms with Crippen molar-refractivity contribution in [1.82, 2.24) is 9.55 Å². The maximum atomic E-state index is 11.5. The number of primary amides is 1. The second-order valence-corrected chi connectivity index (χ2v) is 5.32. The highest BCUT2D eigenvalue weighted by molar-refractivity contribution is 7.99. The number of imidazole rings is 1. The van der Waals surface area contributed by atoms with Crippen molar-refractivity contribution in [2.45, 2.75) is 18.1 Å². The number of carbonyl (C=O) groups excluding carboxylic acids is 1. The number of carbonyl (C=O) groups is 2. The van der Waals surface area contributed by atoms with Crippen LogP contribution in [0.2, 0.25) is 0 Å². The largest absolute Gasteiger partial charge is 0.497 e. The summed E-state index contributed by atoms with van der Waals surface area (Å²) in [5, 5.41) is 9.24. The highest BCUT2D eigenvalue weighted by atomic mass is 32.2. The second kappa shape index (κ2) is 6.04. The highest BCUT2D eigenvalue weighted by Gasteiger charge is 2.20. The molecule has 2 aromatic rings. The lowest BCUT2D eigenvalue weighted by molar-refractivity contribution is -0.133. The number of ether oxygens (including phenoxy) is 1. The molecule has 0 spiro atoms. The lowest BCUT2D eigenvalue weighted by Gasteiger charge is -2.13. The Labute approximate surface area is 125 Å². The van der Waals surface area contributed by atoms with Crippen molar-refractivity contribution < 1.29 is 19.4 Å². The number of hydrogen-bond donors (Lipinski definition) is 2. The third kappa shape index (κ3) is 3.10. The van der Waals surface area contributed by atoms with Gasteiger partial charge in [-0.05, 0) is 19.1 Å². The minimum absolute atomic E-state index is 0.147. The SMILES string of the molecule is COc1ccc2c(c1)nc(SCC(=O)O)n2C(C)C(N)=O. The third-order valence-corrected chi connectivity index (χ3v) is 3.93. The molecule has 0 saturated carbocycles. The van der Waals surface area contributed by atoms with Crippen LogP contribution >= 0.6 is 11.8 Å². The number of amides is 1. The van der Waals surface area contributed by atoms with Gasteiger partial charge in [0, 0.05) is 6.07 Å². The number of carboxylic acid groups (broad SMARTS) is 1. The number of thioether (sulfide) groups is 1. The lowest BCUT2D eigenvalue weighted by Crippen LogP contribution is -2.24. The van der Waals surface area contributed by atoms with Gasteiger partial charge in [0.15, 0.2) is 5.16 Å². The van der Waals surface area contributed by atoms with Crippen LogP contribution in [0.15, 0.2) is 23.4 Å². The molecular formula is C13H15N3O4S. The lowest BCUT2D eigenvalue weighted by atomic mass is 10.2. The summed E-state index contributed by atoms with van der Waals surface area (Å²) < 4.78 is 6.78. The van der Waals surface area contributed by atoms with Gasteiger partial charge in [0.1, 0.15) is 11.8 Å². The Morgan fingerprint density at radius 2 is 2.24 bits per heavy atom. The van der Waals surface area contributed by atoms with Crippen LogP contribution in [0.5, 0.6) is 5.75 Å². The molecular weight excluding hydrogens is 294 g/mol. The fourth-order valence-electron chi connectivity index (χ4n) is 1.91. The maximum Gasteiger partial charge on any atom is 0.313 e. The smallest absolute Gasteiger partial charge is 0.313 e. The molecule has 112 valence electrons. The number of nitrogens with zero attached hydrogens (tertiary/aromatic N) is 2. The molecule has 3 N–H and O–H groups in total. The number of nitrogens with two attached hydrogens (primary N) is 1. The van der Waals surface area contributed by atoms with Gasteiger partial charge in [-0.1, -0.05) is 11.8 Å². The quantitative estimate of drug-likeness (QED) is 0.778. The molecule has 7 nitrogen and oxygen atoms in total. The molecule has 2 rings (SSSR count). The first-order chi connectivity index (χ1) is 9.93. The van der Waals surface area contributed by atoms with Crippen LogP contribution in [-0.2, 0) is 9.59 Å². The van der Waals surface area contributed by atoms with Crippen LogP contribution < -0.4 is 10.5 Å². The van der Waals surface area contributed by atoms with Crippen LogP contribution in [0.3, 0.4) is 0 Å². The molecule has 1 aromatic heterocycles. The molecule has 1 amide bonds. The molecule has 1 heterocycles. The van der Waals surface area contributed by atoms with E-state index in [4.69, 9.17) is 15.6 Å². The van der Waals surface area contributed by atoms with Crippen LogP contribution in [0.1, 0.15) is 13.0 Å². The molecule has 0 saturated heterocycles. The van der Waals surface area contributed by atoms with Crippen molar-refractivity contribution in [1.29, 1.82) is 0 Å². The average molecular weight is 309 g/mol. The number of benzene rings is 1. The molecule has 1 unspecified atom stereocenters. The molecule has 8 heteroatoms. The van der Waals surface area contributed by atoms with Crippen LogP contribution in [0.4, 0.5) is 0 Å². The van der Waals surface area contributed by atoms with E-state index in [0.29, 0.717) is 21.9 Å². The van der Waals surface area contributed by atoms with Crippen LogP contribution in [-0.4, -0.2) is 39.4 Å². The van der Waals surface area contributed by atoms with E-state index in [2.05, 4.69) is 4.98 Å². The summed E-state index contributed by atoms with van der Waals surface area (Å²) in [5.74, 6) is -0.981. The van der Waals surface area contributed by atoms with E-state index in [-0.39, 0.29) is 5.75 Å². The first-order valence-electron chi connectivity index (χ1n) is 6.14. The summed E-state index contributed by atoms with van der Waals surface area (Å²) >= 11 is 1.04. The summed E-state index contributed by atoms with van der Waals surface area (Å²) in [7, 11) is 1.55. The minimum Gasteiger partial charge on any atom is -0.497 e. The fraction of sp³-hybridized carbons (Fsp3) is 0.308. The third-order valence-electron chi connectivity index (χ3n) is 2.99. The Morgan fingerprint density at radius 3 is 2.81 bits per heavy atom. The van der Waals surface area contributed by atoms with Gasteiger partial charge in [-0.25, -0.2) is 4.98 Å². The van der Waals surface area contributed by atoms with Gasteiger partial charge in [-0.2, -0.15) is 0 Å². The Kier molecular flexibility index (Phi) is 4.37. The first kappa shape index (κ1) is 15.2. The van der Waals surface area contributed by atoms with Gasteiger partial charge >= 0.3 is 5.97 Å². The van der Waals surface area contributed by atoms with Gasteiger partial charge < -0.3 is 20.1 Å². The number of rotatable bonds is 6. The average Bonchev–Trinajstić information content (AvgIpc) is 2.81. The molecule has 0 bridgehead atoms. The topological polar surface area (TPSA) is 107 Å². The van der Waals surface area contributed by atoms with E-state index in [1.807, 2.05) is 0 Å². The second-order valence-electron chi connectivity index (χ2n) is 4.38. The predicted molar refractivity (Wildman–Crippen MR) is 78.6 cm³/mol. The summed E-state index contributed by atoms with van der Waals surface area (Å²) in [4.78, 5) is 26.6. The van der Waals surface area contributed by atoms with Gasteiger partial charge in [0.2, 0.25) is 5.91 Å². The number of carboxylic acids is 1. The molecule has 0 aliphatic heterocycles. The Bertz CT molecular complexity index is 698. The number of methoxy groups -OCH3 is 1. The molecule has 0 aliphatic rings.